The van der Waals surface area contributed by atoms with Gasteiger partial charge >= 0.3 is 0 Å². The molecule has 6 aromatic rings. The van der Waals surface area contributed by atoms with Crippen molar-refractivity contribution < 1.29 is 14.2 Å². The minimum absolute atomic E-state index is 0.225. The van der Waals surface area contributed by atoms with Gasteiger partial charge in [0, 0.05) is 72.4 Å². The average molecular weight is 761 g/mol. The third kappa shape index (κ3) is 9.00. The van der Waals surface area contributed by atoms with Gasteiger partial charge in [0.2, 0.25) is 0 Å². The fourth-order valence-electron chi connectivity index (χ4n) is 7.03. The van der Waals surface area contributed by atoms with Gasteiger partial charge in [0.1, 0.15) is 36.5 Å². The van der Waals surface area contributed by atoms with Crippen molar-refractivity contribution >= 4 is 34.1 Å². The number of fused-ring (bicyclic) bond motifs is 1. The molecule has 1 atom stereocenters. The molecular formula is C44H43Cl2N5O3. The number of benzene rings is 4. The van der Waals surface area contributed by atoms with Crippen LogP contribution >= 0.6 is 23.2 Å². The first-order chi connectivity index (χ1) is 26.3. The highest BCUT2D eigenvalue weighted by atomic mass is 35.5. The SMILES string of the molecule is Cc1c(COc2cc(OCc3cncc(C#N)c3)c(CNCc3ccc4cc[nH]c4c3)cc2Cl)cccc1-c1cccc(OCC2CCCN(C)C2)c1Cl. The van der Waals surface area contributed by atoms with Gasteiger partial charge in [-0.3, -0.25) is 4.98 Å². The Kier molecular flexibility index (Phi) is 12.0. The van der Waals surface area contributed by atoms with E-state index in [-0.39, 0.29) is 13.2 Å². The zero-order valence-electron chi connectivity index (χ0n) is 30.5. The number of nitrogens with zero attached hydrogens (tertiary/aromatic N) is 3. The average Bonchev–Trinajstić information content (AvgIpc) is 3.66. The Labute approximate surface area is 326 Å². The number of halogens is 2. The van der Waals surface area contributed by atoms with Crippen LogP contribution in [0.5, 0.6) is 17.2 Å². The summed E-state index contributed by atoms with van der Waals surface area (Å²) < 4.78 is 19.0. The summed E-state index contributed by atoms with van der Waals surface area (Å²) in [4.78, 5) is 9.82. The van der Waals surface area contributed by atoms with E-state index in [4.69, 9.17) is 37.4 Å². The van der Waals surface area contributed by atoms with Gasteiger partial charge in [-0.05, 0) is 91.3 Å². The maximum Gasteiger partial charge on any atom is 0.142 e. The van der Waals surface area contributed by atoms with E-state index in [0.29, 0.717) is 58.5 Å². The molecule has 54 heavy (non-hydrogen) atoms. The molecule has 1 aliphatic heterocycles. The minimum atomic E-state index is 0.225. The van der Waals surface area contributed by atoms with Crippen LogP contribution in [0.1, 0.15) is 46.2 Å². The molecule has 0 amide bonds. The second-order valence-electron chi connectivity index (χ2n) is 14.0. The number of nitrogens with one attached hydrogen (secondary N) is 2. The molecule has 0 radical (unpaired) electrons. The van der Waals surface area contributed by atoms with Gasteiger partial charge in [-0.15, -0.1) is 0 Å². The third-order valence-electron chi connectivity index (χ3n) is 9.98. The van der Waals surface area contributed by atoms with E-state index in [1.165, 1.54) is 24.4 Å². The number of aromatic amines is 1. The molecule has 7 rings (SSSR count). The lowest BCUT2D eigenvalue weighted by Gasteiger charge is -2.29. The fraction of sp³-hybridized carbons (Fsp3) is 0.273. The second-order valence-corrected chi connectivity index (χ2v) is 14.7. The molecular weight excluding hydrogens is 717 g/mol. The summed E-state index contributed by atoms with van der Waals surface area (Å²) in [5.74, 6) is 2.32. The number of hydrogen-bond acceptors (Lipinski definition) is 7. The van der Waals surface area contributed by atoms with E-state index in [1.807, 2.05) is 42.6 Å². The molecule has 0 bridgehead atoms. The van der Waals surface area contributed by atoms with Crippen LogP contribution in [0.15, 0.2) is 97.5 Å². The Morgan fingerprint density at radius 3 is 2.59 bits per heavy atom. The molecule has 4 aromatic carbocycles. The molecule has 0 aliphatic carbocycles. The first-order valence-electron chi connectivity index (χ1n) is 18.2. The Morgan fingerprint density at radius 1 is 0.870 bits per heavy atom. The number of hydrogen-bond donors (Lipinski definition) is 2. The summed E-state index contributed by atoms with van der Waals surface area (Å²) in [6.07, 6.45) is 7.53. The molecule has 1 fully saturated rings. The van der Waals surface area contributed by atoms with Crippen LogP contribution < -0.4 is 19.5 Å². The van der Waals surface area contributed by atoms with E-state index in [9.17, 15) is 5.26 Å². The maximum atomic E-state index is 9.36. The number of pyridine rings is 1. The largest absolute Gasteiger partial charge is 0.492 e. The molecule has 1 saturated heterocycles. The number of nitriles is 1. The summed E-state index contributed by atoms with van der Waals surface area (Å²) in [7, 11) is 2.16. The quantitative estimate of drug-likeness (QED) is 0.114. The van der Waals surface area contributed by atoms with E-state index in [2.05, 4.69) is 76.6 Å². The molecule has 2 aromatic heterocycles. The van der Waals surface area contributed by atoms with Gasteiger partial charge in [-0.25, -0.2) is 0 Å². The number of ether oxygens (including phenoxy) is 3. The number of likely N-dealkylation sites (tertiary alicyclic amines) is 1. The number of H-pyrrole nitrogens is 1. The van der Waals surface area contributed by atoms with Gasteiger partial charge in [0.25, 0.3) is 0 Å². The van der Waals surface area contributed by atoms with Crippen molar-refractivity contribution in [2.24, 2.45) is 5.92 Å². The molecule has 3 heterocycles. The Bertz CT molecular complexity index is 2280. The first kappa shape index (κ1) is 37.3. The van der Waals surface area contributed by atoms with E-state index in [0.717, 1.165) is 57.6 Å². The van der Waals surface area contributed by atoms with Crippen LogP contribution in [0.3, 0.4) is 0 Å². The molecule has 2 N–H and O–H groups in total. The van der Waals surface area contributed by atoms with Crippen molar-refractivity contribution in [1.82, 2.24) is 20.2 Å². The number of piperidine rings is 1. The predicted octanol–water partition coefficient (Wildman–Crippen LogP) is 9.89. The fourth-order valence-corrected chi connectivity index (χ4v) is 7.55. The minimum Gasteiger partial charge on any atom is -0.492 e. The van der Waals surface area contributed by atoms with E-state index in [1.54, 1.807) is 12.3 Å². The molecule has 0 spiro atoms. The number of aromatic nitrogens is 2. The molecule has 10 heteroatoms. The van der Waals surface area contributed by atoms with Gasteiger partial charge in [0.15, 0.2) is 0 Å². The van der Waals surface area contributed by atoms with Crippen LogP contribution in [0, 0.1) is 24.2 Å². The maximum absolute atomic E-state index is 9.36. The van der Waals surface area contributed by atoms with Crippen molar-refractivity contribution in [3.05, 3.63) is 141 Å². The highest BCUT2D eigenvalue weighted by Crippen LogP contribution is 2.39. The highest BCUT2D eigenvalue weighted by molar-refractivity contribution is 6.35. The first-order valence-corrected chi connectivity index (χ1v) is 19.0. The van der Waals surface area contributed by atoms with Crippen LogP contribution in [0.25, 0.3) is 22.0 Å². The van der Waals surface area contributed by atoms with Gasteiger partial charge in [-0.2, -0.15) is 5.26 Å². The van der Waals surface area contributed by atoms with E-state index >= 15 is 0 Å². The highest BCUT2D eigenvalue weighted by Gasteiger charge is 2.20. The van der Waals surface area contributed by atoms with Crippen molar-refractivity contribution in [3.8, 4) is 34.4 Å². The normalized spacial score (nSPS) is 14.5. The smallest absolute Gasteiger partial charge is 0.142 e. The Morgan fingerprint density at radius 2 is 1.72 bits per heavy atom. The van der Waals surface area contributed by atoms with Crippen molar-refractivity contribution in [2.75, 3.05) is 26.7 Å². The summed E-state index contributed by atoms with van der Waals surface area (Å²) in [5.41, 5.74) is 8.39. The molecule has 1 unspecified atom stereocenters. The zero-order valence-corrected chi connectivity index (χ0v) is 32.0. The topological polar surface area (TPSA) is 95.4 Å². The monoisotopic (exact) mass is 759 g/mol. The van der Waals surface area contributed by atoms with Crippen molar-refractivity contribution in [1.29, 1.82) is 5.26 Å². The molecule has 0 saturated carbocycles. The Hall–Kier alpha value is -5.04. The Balaban J connectivity index is 1.07. The lowest BCUT2D eigenvalue weighted by atomic mass is 9.96. The van der Waals surface area contributed by atoms with Gasteiger partial charge in [0.05, 0.1) is 22.2 Å². The standard InChI is InChI=1S/C44H43Cl2N5O3/c1-29-35(7-3-8-37(29)38-9-4-10-41(44(38)46)52-26-31-6-5-15-51(2)25-31)28-54-43-19-42(53-27-33-16-32(20-47)22-48-23-33)36(18-39(43)45)24-49-21-30-11-12-34-13-14-50-40(34)17-30/h3-4,7-14,16-19,22-23,31,49-50H,5-6,15,21,24-28H2,1-2H3. The van der Waals surface area contributed by atoms with Crippen molar-refractivity contribution in [3.63, 3.8) is 0 Å². The van der Waals surface area contributed by atoms with Gasteiger partial charge in [-0.1, -0.05) is 65.7 Å². The van der Waals surface area contributed by atoms with Crippen molar-refractivity contribution in [2.45, 2.75) is 46.1 Å². The molecule has 8 nitrogen and oxygen atoms in total. The van der Waals surface area contributed by atoms with E-state index < -0.39 is 0 Å². The summed E-state index contributed by atoms with van der Waals surface area (Å²) in [6.45, 7) is 6.59. The second kappa shape index (κ2) is 17.4. The number of rotatable bonds is 14. The predicted molar refractivity (Wildman–Crippen MR) is 215 cm³/mol. The summed E-state index contributed by atoms with van der Waals surface area (Å²) in [5, 5.41) is 15.2. The summed E-state index contributed by atoms with van der Waals surface area (Å²) in [6, 6.07) is 28.2. The zero-order chi connectivity index (χ0) is 37.4. The third-order valence-corrected chi connectivity index (χ3v) is 10.7. The van der Waals surface area contributed by atoms with Crippen LogP contribution in [-0.4, -0.2) is 41.6 Å². The molecule has 276 valence electrons. The summed E-state index contributed by atoms with van der Waals surface area (Å²) >= 11 is 13.9. The van der Waals surface area contributed by atoms with Gasteiger partial charge < -0.3 is 29.4 Å². The lowest BCUT2D eigenvalue weighted by Crippen LogP contribution is -2.34. The van der Waals surface area contributed by atoms with Crippen LogP contribution in [0.4, 0.5) is 0 Å². The van der Waals surface area contributed by atoms with Crippen LogP contribution in [0.2, 0.25) is 10.0 Å². The lowest BCUT2D eigenvalue weighted by molar-refractivity contribution is 0.150. The molecule has 1 aliphatic rings. The van der Waals surface area contributed by atoms with Crippen LogP contribution in [-0.2, 0) is 26.3 Å².